The molecule has 0 N–H and O–H groups in total. The molecular weight excluding hydrogens is 424 g/mol. The molecule has 0 unspecified atom stereocenters. The van der Waals surface area contributed by atoms with Crippen molar-refractivity contribution in [2.75, 3.05) is 6.61 Å². The van der Waals surface area contributed by atoms with Crippen molar-refractivity contribution >= 4 is 47.3 Å². The zero-order valence-electron chi connectivity index (χ0n) is 13.8. The molecule has 0 bridgehead atoms. The lowest BCUT2D eigenvalue weighted by Crippen LogP contribution is -2.01. The lowest BCUT2D eigenvalue weighted by molar-refractivity contribution is -0.137. The second-order valence-corrected chi connectivity index (χ2v) is 13.7. The number of rotatable bonds is 16. The van der Waals surface area contributed by atoms with Crippen molar-refractivity contribution in [3.8, 4) is 0 Å². The molecule has 130 valence electrons. The Labute approximate surface area is 155 Å². The summed E-state index contributed by atoms with van der Waals surface area (Å²) < 4.78 is 5.58. The number of esters is 1. The van der Waals surface area contributed by atoms with Crippen molar-refractivity contribution in [3.05, 3.63) is 12.7 Å². The van der Waals surface area contributed by atoms with E-state index in [9.17, 15) is 4.79 Å². The summed E-state index contributed by atoms with van der Waals surface area (Å²) in [7, 11) is 0.0809. The molecule has 0 saturated heterocycles. The van der Waals surface area contributed by atoms with Crippen LogP contribution in [0, 0.1) is 0 Å². The minimum Gasteiger partial charge on any atom is -0.463 e. The van der Waals surface area contributed by atoms with Crippen LogP contribution in [0.4, 0.5) is 0 Å². The number of alkyl halides is 2. The molecule has 22 heavy (non-hydrogen) atoms. The molecule has 0 rings (SSSR count). The van der Waals surface area contributed by atoms with Gasteiger partial charge in [0, 0.05) is 15.6 Å². The second kappa shape index (κ2) is 17.7. The van der Waals surface area contributed by atoms with Crippen molar-refractivity contribution < 1.29 is 9.53 Å². The highest BCUT2D eigenvalue weighted by atomic mass is 79.9. The van der Waals surface area contributed by atoms with Crippen molar-refractivity contribution in [3.63, 3.8) is 0 Å². The van der Waals surface area contributed by atoms with Gasteiger partial charge in [-0.05, 0) is 6.42 Å². The molecular formula is C17H32Br2O2Si. The second-order valence-electron chi connectivity index (χ2n) is 5.79. The van der Waals surface area contributed by atoms with Gasteiger partial charge >= 0.3 is 5.97 Å². The van der Waals surface area contributed by atoms with Crippen molar-refractivity contribution in [1.82, 2.24) is 0 Å². The fraction of sp³-hybridized carbons (Fsp3) is 0.824. The molecule has 0 atom stereocenters. The van der Waals surface area contributed by atoms with E-state index in [0.717, 1.165) is 12.8 Å². The van der Waals surface area contributed by atoms with E-state index >= 15 is 0 Å². The van der Waals surface area contributed by atoms with Gasteiger partial charge in [-0.25, -0.2) is 4.79 Å². The Morgan fingerprint density at radius 2 is 1.36 bits per heavy atom. The first-order valence-electron chi connectivity index (χ1n) is 8.74. The van der Waals surface area contributed by atoms with E-state index in [1.165, 1.54) is 69.9 Å². The molecule has 0 radical (unpaired) electrons. The molecule has 0 spiro atoms. The van der Waals surface area contributed by atoms with Gasteiger partial charge in [-0.1, -0.05) is 109 Å². The number of unbranched alkanes of at least 4 members (excludes halogenated alkanes) is 10. The lowest BCUT2D eigenvalue weighted by Gasteiger charge is -2.04. The Balaban J connectivity index is 3.02. The molecule has 0 aromatic rings. The molecule has 0 heterocycles. The zero-order valence-corrected chi connectivity index (χ0v) is 18.4. The summed E-state index contributed by atoms with van der Waals surface area (Å²) in [6, 6.07) is 1.46. The number of hydrogen-bond donors (Lipinski definition) is 0. The van der Waals surface area contributed by atoms with E-state index in [1.807, 2.05) is 0 Å². The maximum Gasteiger partial charge on any atom is 0.330 e. The monoisotopic (exact) mass is 454 g/mol. The van der Waals surface area contributed by atoms with Gasteiger partial charge in [-0.2, -0.15) is 0 Å². The molecule has 0 amide bonds. The number of carbonyl (C=O) groups is 1. The number of carbonyl (C=O) groups excluding carboxylic acids is 1. The van der Waals surface area contributed by atoms with Gasteiger partial charge in [0.2, 0.25) is 0 Å². The van der Waals surface area contributed by atoms with Gasteiger partial charge in [0.25, 0.3) is 0 Å². The molecule has 0 aliphatic heterocycles. The van der Waals surface area contributed by atoms with Crippen LogP contribution >= 0.6 is 31.9 Å². The van der Waals surface area contributed by atoms with E-state index < -0.39 is 0 Å². The van der Waals surface area contributed by atoms with Crippen LogP contribution in [0.3, 0.4) is 0 Å². The van der Waals surface area contributed by atoms with Crippen LogP contribution < -0.4 is 0 Å². The fourth-order valence-corrected chi connectivity index (χ4v) is 5.29. The summed E-state index contributed by atoms with van der Waals surface area (Å²) in [6.07, 6.45) is 15.7. The molecule has 0 saturated carbocycles. The molecule has 0 aromatic carbocycles. The topological polar surface area (TPSA) is 26.3 Å². The van der Waals surface area contributed by atoms with E-state index in [0.29, 0.717) is 9.97 Å². The van der Waals surface area contributed by atoms with Crippen molar-refractivity contribution in [2.45, 2.75) is 80.0 Å². The van der Waals surface area contributed by atoms with Crippen LogP contribution in [0.15, 0.2) is 12.7 Å². The van der Waals surface area contributed by atoms with Crippen LogP contribution in [0.25, 0.3) is 0 Å². The number of halogens is 2. The predicted molar refractivity (Wildman–Crippen MR) is 107 cm³/mol. The van der Waals surface area contributed by atoms with E-state index in [4.69, 9.17) is 4.74 Å². The van der Waals surface area contributed by atoms with E-state index in [2.05, 4.69) is 38.4 Å². The molecule has 0 aromatic heterocycles. The van der Waals surface area contributed by atoms with Gasteiger partial charge in [-0.15, -0.1) is 0 Å². The van der Waals surface area contributed by atoms with Crippen molar-refractivity contribution in [1.29, 1.82) is 0 Å². The highest BCUT2D eigenvalue weighted by Crippen LogP contribution is 2.14. The average Bonchev–Trinajstić information content (AvgIpc) is 2.50. The minimum absolute atomic E-state index is 0.0809. The lowest BCUT2D eigenvalue weighted by atomic mass is 10.1. The van der Waals surface area contributed by atoms with Crippen LogP contribution in [0.2, 0.25) is 6.04 Å². The molecule has 0 fully saturated rings. The Kier molecular flexibility index (Phi) is 18.0. The Morgan fingerprint density at radius 3 is 1.82 bits per heavy atom. The predicted octanol–water partition coefficient (Wildman–Crippen LogP) is 5.67. The van der Waals surface area contributed by atoms with E-state index in [1.54, 1.807) is 0 Å². The Morgan fingerprint density at radius 1 is 0.909 bits per heavy atom. The van der Waals surface area contributed by atoms with Gasteiger partial charge < -0.3 is 4.74 Å². The van der Waals surface area contributed by atoms with Crippen LogP contribution in [0.5, 0.6) is 0 Å². The smallest absolute Gasteiger partial charge is 0.330 e. The fourth-order valence-electron chi connectivity index (χ4n) is 2.40. The summed E-state index contributed by atoms with van der Waals surface area (Å²) >= 11 is 7.15. The van der Waals surface area contributed by atoms with Crippen LogP contribution in [-0.4, -0.2) is 25.5 Å². The number of hydrogen-bond acceptors (Lipinski definition) is 2. The summed E-state index contributed by atoms with van der Waals surface area (Å²) in [5.41, 5.74) is 0. The SMILES string of the molecule is C=CC(=O)OCCCCCCCCCCCCC[SiH2]C(Br)Br. The highest BCUT2D eigenvalue weighted by molar-refractivity contribution is 9.25. The zero-order chi connectivity index (χ0) is 16.5. The van der Waals surface area contributed by atoms with Gasteiger partial charge in [0.15, 0.2) is 0 Å². The first-order chi connectivity index (χ1) is 10.7. The quantitative estimate of drug-likeness (QED) is 0.0984. The van der Waals surface area contributed by atoms with Gasteiger partial charge in [-0.3, -0.25) is 0 Å². The summed E-state index contributed by atoms with van der Waals surface area (Å²) in [5.74, 6) is -0.304. The third kappa shape index (κ3) is 18.4. The Hall–Kier alpha value is 0.387. The molecule has 0 aliphatic rings. The third-order valence-corrected chi connectivity index (χ3v) is 7.82. The molecule has 0 aliphatic carbocycles. The maximum atomic E-state index is 10.8. The maximum absolute atomic E-state index is 10.8. The summed E-state index contributed by atoms with van der Waals surface area (Å²) in [6.45, 7) is 3.92. The number of ether oxygens (including phenoxy) is 1. The molecule has 2 nitrogen and oxygen atoms in total. The first kappa shape index (κ1) is 22.4. The van der Waals surface area contributed by atoms with Gasteiger partial charge in [0.05, 0.1) is 9.97 Å². The Bertz CT molecular complexity index is 273. The third-order valence-electron chi connectivity index (χ3n) is 3.73. The first-order valence-corrected chi connectivity index (χ1v) is 12.4. The highest BCUT2D eigenvalue weighted by Gasteiger charge is 1.98. The minimum atomic E-state index is -0.304. The average molecular weight is 456 g/mol. The van der Waals surface area contributed by atoms with E-state index in [-0.39, 0.29) is 15.5 Å². The standard InChI is InChI=1S/C17H32Br2O2Si/c1-2-16(20)21-14-12-10-8-6-4-3-5-7-9-11-13-15-22-17(18)19/h2,17H,1,3-15,22H2. The van der Waals surface area contributed by atoms with Crippen molar-refractivity contribution in [2.24, 2.45) is 0 Å². The normalized spacial score (nSPS) is 11.4. The summed E-state index contributed by atoms with van der Waals surface area (Å²) in [5, 5.41) is 0. The molecule has 5 heteroatoms. The summed E-state index contributed by atoms with van der Waals surface area (Å²) in [4.78, 5) is 10.8. The largest absolute Gasteiger partial charge is 0.463 e. The van der Waals surface area contributed by atoms with Crippen LogP contribution in [-0.2, 0) is 9.53 Å². The van der Waals surface area contributed by atoms with Gasteiger partial charge in [0.1, 0.15) is 0 Å². The van der Waals surface area contributed by atoms with Crippen LogP contribution in [0.1, 0.15) is 70.6 Å².